The van der Waals surface area contributed by atoms with Gasteiger partial charge in [0.2, 0.25) is 0 Å². The highest BCUT2D eigenvalue weighted by Gasteiger charge is 2.11. The first kappa shape index (κ1) is 16.0. The van der Waals surface area contributed by atoms with Crippen molar-refractivity contribution in [1.82, 2.24) is 4.57 Å². The Balaban J connectivity index is 1.82. The minimum atomic E-state index is 0.822. The molecule has 0 radical (unpaired) electrons. The summed E-state index contributed by atoms with van der Waals surface area (Å²) in [4.78, 5) is 0. The summed E-state index contributed by atoms with van der Waals surface area (Å²) in [5, 5.41) is 1.26. The minimum Gasteiger partial charge on any atom is -0.497 e. The summed E-state index contributed by atoms with van der Waals surface area (Å²) in [5.41, 5.74) is 4.94. The monoisotopic (exact) mass is 391 g/mol. The van der Waals surface area contributed by atoms with E-state index in [2.05, 4.69) is 87.2 Å². The summed E-state index contributed by atoms with van der Waals surface area (Å²) >= 11 is 3.52. The Labute approximate surface area is 155 Å². The van der Waals surface area contributed by atoms with Crippen molar-refractivity contribution >= 4 is 26.8 Å². The first-order chi connectivity index (χ1) is 12.2. The van der Waals surface area contributed by atoms with Crippen molar-refractivity contribution in [2.24, 2.45) is 0 Å². The van der Waals surface area contributed by atoms with Crippen LogP contribution in [0.25, 0.3) is 22.2 Å². The second-order valence-corrected chi connectivity index (χ2v) is 6.95. The molecule has 1 heterocycles. The Morgan fingerprint density at radius 1 is 0.880 bits per heavy atom. The van der Waals surface area contributed by atoms with Gasteiger partial charge >= 0.3 is 0 Å². The number of hydrogen-bond donors (Lipinski definition) is 0. The van der Waals surface area contributed by atoms with Gasteiger partial charge in [0.15, 0.2) is 0 Å². The van der Waals surface area contributed by atoms with Gasteiger partial charge in [-0.25, -0.2) is 0 Å². The quantitative estimate of drug-likeness (QED) is 0.408. The summed E-state index contributed by atoms with van der Waals surface area (Å²) in [6.45, 7) is 0.822. The van der Waals surface area contributed by atoms with Crippen LogP contribution >= 0.6 is 15.9 Å². The van der Waals surface area contributed by atoms with Gasteiger partial charge in [0.1, 0.15) is 5.75 Å². The zero-order chi connectivity index (χ0) is 17.2. The van der Waals surface area contributed by atoms with E-state index in [9.17, 15) is 0 Å². The van der Waals surface area contributed by atoms with Crippen LogP contribution < -0.4 is 4.74 Å². The van der Waals surface area contributed by atoms with Gasteiger partial charge in [-0.05, 0) is 47.5 Å². The molecule has 0 N–H and O–H groups in total. The molecule has 2 nitrogen and oxygen atoms in total. The molecular weight excluding hydrogens is 374 g/mol. The molecule has 0 aliphatic heterocycles. The van der Waals surface area contributed by atoms with Gasteiger partial charge in [0, 0.05) is 27.6 Å². The number of hydrogen-bond acceptors (Lipinski definition) is 1. The Morgan fingerprint density at radius 2 is 1.60 bits per heavy atom. The topological polar surface area (TPSA) is 14.2 Å². The van der Waals surface area contributed by atoms with E-state index >= 15 is 0 Å². The molecule has 124 valence electrons. The lowest BCUT2D eigenvalue weighted by molar-refractivity contribution is 0.414. The second kappa shape index (κ2) is 6.77. The highest BCUT2D eigenvalue weighted by Crippen LogP contribution is 2.30. The van der Waals surface area contributed by atoms with Crippen LogP contribution in [-0.4, -0.2) is 11.7 Å². The lowest BCUT2D eigenvalue weighted by Crippen LogP contribution is -2.01. The maximum absolute atomic E-state index is 5.27. The van der Waals surface area contributed by atoms with Crippen LogP contribution in [0.3, 0.4) is 0 Å². The fourth-order valence-electron chi connectivity index (χ4n) is 3.15. The molecule has 3 aromatic carbocycles. The van der Waals surface area contributed by atoms with Crippen LogP contribution in [0.2, 0.25) is 0 Å². The molecule has 3 heteroatoms. The average Bonchev–Trinajstić information content (AvgIpc) is 3.02. The van der Waals surface area contributed by atoms with Gasteiger partial charge in [-0.1, -0.05) is 58.4 Å². The molecule has 0 amide bonds. The fraction of sp³-hybridized carbons (Fsp3) is 0.0909. The number of aromatic nitrogens is 1. The van der Waals surface area contributed by atoms with Crippen LogP contribution in [0.15, 0.2) is 83.3 Å². The zero-order valence-electron chi connectivity index (χ0n) is 13.9. The Hall–Kier alpha value is -2.52. The molecule has 25 heavy (non-hydrogen) atoms. The predicted molar refractivity (Wildman–Crippen MR) is 107 cm³/mol. The van der Waals surface area contributed by atoms with E-state index in [4.69, 9.17) is 4.74 Å². The largest absolute Gasteiger partial charge is 0.497 e. The van der Waals surface area contributed by atoms with Gasteiger partial charge in [-0.3, -0.25) is 0 Å². The smallest absolute Gasteiger partial charge is 0.118 e. The van der Waals surface area contributed by atoms with E-state index in [1.807, 2.05) is 12.1 Å². The number of para-hydroxylation sites is 1. The molecule has 0 aliphatic carbocycles. The summed E-state index contributed by atoms with van der Waals surface area (Å²) in [6, 6.07) is 27.6. The Morgan fingerprint density at radius 3 is 2.32 bits per heavy atom. The maximum Gasteiger partial charge on any atom is 0.118 e. The van der Waals surface area contributed by atoms with Crippen LogP contribution in [0.5, 0.6) is 5.75 Å². The third-order valence-electron chi connectivity index (χ3n) is 4.45. The second-order valence-electron chi connectivity index (χ2n) is 6.03. The zero-order valence-corrected chi connectivity index (χ0v) is 15.5. The summed E-state index contributed by atoms with van der Waals surface area (Å²) in [7, 11) is 1.69. The lowest BCUT2D eigenvalue weighted by atomic mass is 10.1. The first-order valence-electron chi connectivity index (χ1n) is 8.22. The van der Waals surface area contributed by atoms with E-state index in [1.54, 1.807) is 7.11 Å². The molecule has 0 spiro atoms. The molecule has 0 saturated heterocycles. The highest BCUT2D eigenvalue weighted by molar-refractivity contribution is 9.10. The van der Waals surface area contributed by atoms with Crippen molar-refractivity contribution < 1.29 is 4.74 Å². The van der Waals surface area contributed by atoms with Crippen LogP contribution in [0.1, 0.15) is 5.56 Å². The summed E-state index contributed by atoms with van der Waals surface area (Å²) in [5.74, 6) is 0.884. The van der Waals surface area contributed by atoms with Crippen molar-refractivity contribution in [3.8, 4) is 17.0 Å². The van der Waals surface area contributed by atoms with Crippen molar-refractivity contribution in [2.45, 2.75) is 6.54 Å². The van der Waals surface area contributed by atoms with Crippen molar-refractivity contribution in [3.63, 3.8) is 0 Å². The molecule has 0 saturated carbocycles. The van der Waals surface area contributed by atoms with E-state index in [0.29, 0.717) is 0 Å². The highest BCUT2D eigenvalue weighted by atomic mass is 79.9. The molecule has 0 fully saturated rings. The minimum absolute atomic E-state index is 0.822. The normalized spacial score (nSPS) is 11.0. The number of benzene rings is 3. The third-order valence-corrected chi connectivity index (χ3v) is 4.98. The predicted octanol–water partition coefficient (Wildman–Crippen LogP) is 6.13. The van der Waals surface area contributed by atoms with Crippen molar-refractivity contribution in [2.75, 3.05) is 7.11 Å². The van der Waals surface area contributed by atoms with E-state index in [0.717, 1.165) is 16.8 Å². The van der Waals surface area contributed by atoms with E-state index in [-0.39, 0.29) is 0 Å². The number of methoxy groups -OCH3 is 1. The van der Waals surface area contributed by atoms with Gasteiger partial charge in [-0.15, -0.1) is 0 Å². The molecule has 0 atom stereocenters. The molecule has 0 bridgehead atoms. The number of ether oxygens (including phenoxy) is 1. The SMILES string of the molecule is COc1ccc(Cn2c(-c3ccc(Br)cc3)cc3ccccc32)cc1. The van der Waals surface area contributed by atoms with Gasteiger partial charge < -0.3 is 9.30 Å². The maximum atomic E-state index is 5.27. The summed E-state index contributed by atoms with van der Waals surface area (Å²) in [6.07, 6.45) is 0. The number of nitrogens with zero attached hydrogens (tertiary/aromatic N) is 1. The van der Waals surface area contributed by atoms with Crippen LogP contribution in [0, 0.1) is 0 Å². The molecule has 4 rings (SSSR count). The Bertz CT molecular complexity index is 1000. The first-order valence-corrected chi connectivity index (χ1v) is 9.01. The number of fused-ring (bicyclic) bond motifs is 1. The molecule has 4 aromatic rings. The van der Waals surface area contributed by atoms with Gasteiger partial charge in [-0.2, -0.15) is 0 Å². The van der Waals surface area contributed by atoms with Gasteiger partial charge in [0.05, 0.1) is 7.11 Å². The summed E-state index contributed by atoms with van der Waals surface area (Å²) < 4.78 is 8.73. The standard InChI is InChI=1S/C22H18BrNO/c1-25-20-12-6-16(7-13-20)15-24-21-5-3-2-4-18(21)14-22(24)17-8-10-19(23)11-9-17/h2-14H,15H2,1H3. The average molecular weight is 392 g/mol. The Kier molecular flexibility index (Phi) is 4.33. The van der Waals surface area contributed by atoms with E-state index in [1.165, 1.54) is 27.7 Å². The van der Waals surface area contributed by atoms with Crippen molar-refractivity contribution in [1.29, 1.82) is 0 Å². The fourth-order valence-corrected chi connectivity index (χ4v) is 3.42. The van der Waals surface area contributed by atoms with Crippen LogP contribution in [0.4, 0.5) is 0 Å². The molecule has 1 aromatic heterocycles. The number of halogens is 1. The van der Waals surface area contributed by atoms with Gasteiger partial charge in [0.25, 0.3) is 0 Å². The third kappa shape index (κ3) is 3.20. The molecule has 0 aliphatic rings. The van der Waals surface area contributed by atoms with Crippen molar-refractivity contribution in [3.05, 3.63) is 88.9 Å². The molecule has 0 unspecified atom stereocenters. The number of rotatable bonds is 4. The molecular formula is C22H18BrNO. The van der Waals surface area contributed by atoms with Crippen LogP contribution in [-0.2, 0) is 6.54 Å². The van der Waals surface area contributed by atoms with E-state index < -0.39 is 0 Å². The lowest BCUT2D eigenvalue weighted by Gasteiger charge is -2.12.